The number of amides is 1. The molecular weight excluding hydrogens is 488 g/mol. The molecule has 0 bridgehead atoms. The van der Waals surface area contributed by atoms with Gasteiger partial charge >= 0.3 is 0 Å². The Morgan fingerprint density at radius 2 is 1.92 bits per heavy atom. The van der Waals surface area contributed by atoms with Crippen LogP contribution in [0.4, 0.5) is 0 Å². The summed E-state index contributed by atoms with van der Waals surface area (Å²) in [4.78, 5) is 30.8. The van der Waals surface area contributed by atoms with Crippen molar-refractivity contribution in [1.29, 1.82) is 0 Å². The molecule has 1 amide bonds. The predicted molar refractivity (Wildman–Crippen MR) is 148 cm³/mol. The van der Waals surface area contributed by atoms with E-state index in [1.165, 1.54) is 11.1 Å². The maximum Gasteiger partial charge on any atom is 0.240 e. The first-order valence-corrected chi connectivity index (χ1v) is 12.8. The molecule has 1 aromatic heterocycles. The van der Waals surface area contributed by atoms with Crippen molar-refractivity contribution in [2.45, 2.75) is 56.5 Å². The highest BCUT2D eigenvalue weighted by Gasteiger charge is 2.51. The average molecular weight is 525 g/mol. The summed E-state index contributed by atoms with van der Waals surface area (Å²) in [6.07, 6.45) is 4.83. The van der Waals surface area contributed by atoms with Gasteiger partial charge in [0.25, 0.3) is 0 Å². The molecule has 1 spiro atoms. The number of hydrogen-bond donors (Lipinski definition) is 4. The lowest BCUT2D eigenvalue weighted by Crippen LogP contribution is -2.57. The highest BCUT2D eigenvalue weighted by Crippen LogP contribution is 2.49. The molecule has 198 valence electrons. The number of rotatable bonds is 7. The number of H-pyrrole nitrogens is 1. The number of aromatic amines is 1. The molecule has 2 aliphatic rings. The van der Waals surface area contributed by atoms with Crippen LogP contribution in [0, 0.1) is 5.92 Å². The number of nitrogens with one attached hydrogen (secondary N) is 3. The monoisotopic (exact) mass is 524 g/mol. The first-order chi connectivity index (χ1) is 17.2. The van der Waals surface area contributed by atoms with Crippen molar-refractivity contribution in [3.8, 4) is 5.75 Å². The third kappa shape index (κ3) is 5.00. The number of benzene rings is 2. The quantitative estimate of drug-likeness (QED) is 0.378. The topological polar surface area (TPSA) is 109 Å². The van der Waals surface area contributed by atoms with E-state index in [1.807, 2.05) is 24.4 Å². The van der Waals surface area contributed by atoms with Crippen LogP contribution in [-0.2, 0) is 27.8 Å². The van der Waals surface area contributed by atoms with Gasteiger partial charge < -0.3 is 26.1 Å². The summed E-state index contributed by atoms with van der Waals surface area (Å²) < 4.78 is 5.43. The highest BCUT2D eigenvalue weighted by atomic mass is 35.5. The largest absolute Gasteiger partial charge is 0.497 e. The average Bonchev–Trinajstić information content (AvgIpc) is 3.41. The Balaban J connectivity index is 0.00000320. The second kappa shape index (κ2) is 10.5. The Morgan fingerprint density at radius 3 is 2.62 bits per heavy atom. The second-order valence-electron chi connectivity index (χ2n) is 10.9. The fourth-order valence-electron chi connectivity index (χ4n) is 6.13. The molecule has 1 aliphatic carbocycles. The van der Waals surface area contributed by atoms with Crippen molar-refractivity contribution in [3.05, 3.63) is 65.4 Å². The van der Waals surface area contributed by atoms with Crippen molar-refractivity contribution in [2.24, 2.45) is 11.7 Å². The van der Waals surface area contributed by atoms with Gasteiger partial charge in [-0.1, -0.05) is 24.3 Å². The van der Waals surface area contributed by atoms with Gasteiger partial charge in [-0.25, -0.2) is 0 Å². The number of carbonyl (C=O) groups excluding carboxylic acids is 2. The van der Waals surface area contributed by atoms with Gasteiger partial charge in [0, 0.05) is 34.9 Å². The van der Waals surface area contributed by atoms with Gasteiger partial charge in [-0.2, -0.15) is 0 Å². The molecule has 2 aromatic carbocycles. The summed E-state index contributed by atoms with van der Waals surface area (Å²) >= 11 is 0. The Labute approximate surface area is 224 Å². The zero-order valence-electron chi connectivity index (χ0n) is 21.7. The van der Waals surface area contributed by atoms with Gasteiger partial charge in [-0.3, -0.25) is 9.59 Å². The highest BCUT2D eigenvalue weighted by molar-refractivity contribution is 5.96. The maximum absolute atomic E-state index is 14.4. The van der Waals surface area contributed by atoms with E-state index in [0.29, 0.717) is 12.8 Å². The van der Waals surface area contributed by atoms with E-state index in [-0.39, 0.29) is 35.4 Å². The standard InChI is InChI=1S/C29H36N4O3.ClH/c1-28(2,30)27(35)33-25(15-19-17-32-24-9-8-20(36-3)16-21(19)24)26(34)23-14-18-6-4-5-7-22(18)29(23)10-12-31-13-11-29;/h4-9,16-17,23,25,31-32H,10-15,30H2,1-3H3,(H,33,35);1H/t23-,25-;/m0./s1. The summed E-state index contributed by atoms with van der Waals surface area (Å²) in [5.41, 5.74) is 9.31. The number of halogens is 1. The SMILES string of the molecule is COc1ccc2[nH]cc(C[C@H](NC(=O)C(C)(C)N)C(=O)[C@@H]3Cc4ccccc4C34CCNCC4)c2c1.Cl. The molecule has 2 heterocycles. The van der Waals surface area contributed by atoms with Crippen molar-refractivity contribution in [1.82, 2.24) is 15.6 Å². The molecule has 2 atom stereocenters. The third-order valence-electron chi connectivity index (χ3n) is 8.12. The van der Waals surface area contributed by atoms with E-state index in [4.69, 9.17) is 10.5 Å². The van der Waals surface area contributed by atoms with Crippen LogP contribution in [-0.4, -0.2) is 48.5 Å². The minimum Gasteiger partial charge on any atom is -0.497 e. The van der Waals surface area contributed by atoms with Crippen LogP contribution in [0.2, 0.25) is 0 Å². The number of aromatic nitrogens is 1. The van der Waals surface area contributed by atoms with Crippen LogP contribution in [0.15, 0.2) is 48.7 Å². The number of piperidine rings is 1. The van der Waals surface area contributed by atoms with Gasteiger partial charge in [-0.05, 0) is 81.1 Å². The Hall–Kier alpha value is -2.87. The van der Waals surface area contributed by atoms with Crippen LogP contribution in [0.3, 0.4) is 0 Å². The first kappa shape index (κ1) is 27.2. The Morgan fingerprint density at radius 1 is 1.19 bits per heavy atom. The number of ether oxygens (including phenoxy) is 1. The molecule has 0 saturated carbocycles. The predicted octanol–water partition coefficient (Wildman–Crippen LogP) is 3.43. The van der Waals surface area contributed by atoms with Crippen LogP contribution in [0.5, 0.6) is 5.75 Å². The van der Waals surface area contributed by atoms with Crippen LogP contribution in [0.25, 0.3) is 10.9 Å². The number of Topliss-reactive ketones (excluding diaryl/α,β-unsaturated/α-hetero) is 1. The van der Waals surface area contributed by atoms with Gasteiger partial charge in [-0.15, -0.1) is 12.4 Å². The molecule has 37 heavy (non-hydrogen) atoms. The molecule has 1 fully saturated rings. The summed E-state index contributed by atoms with van der Waals surface area (Å²) in [7, 11) is 1.64. The zero-order valence-corrected chi connectivity index (χ0v) is 22.5. The van der Waals surface area contributed by atoms with E-state index >= 15 is 0 Å². The molecule has 0 unspecified atom stereocenters. The molecule has 3 aromatic rings. The van der Waals surface area contributed by atoms with E-state index < -0.39 is 11.6 Å². The van der Waals surface area contributed by atoms with Gasteiger partial charge in [0.05, 0.1) is 18.7 Å². The summed E-state index contributed by atoms with van der Waals surface area (Å²) in [5.74, 6) is 0.317. The van der Waals surface area contributed by atoms with E-state index in [1.54, 1.807) is 21.0 Å². The molecule has 1 saturated heterocycles. The normalized spacial score (nSPS) is 19.2. The smallest absolute Gasteiger partial charge is 0.240 e. The molecular formula is C29H37ClN4O3. The number of hydrogen-bond acceptors (Lipinski definition) is 5. The van der Waals surface area contributed by atoms with E-state index in [9.17, 15) is 9.59 Å². The summed E-state index contributed by atoms with van der Waals surface area (Å²) in [5, 5.41) is 7.49. The maximum atomic E-state index is 14.4. The van der Waals surface area contributed by atoms with E-state index in [0.717, 1.165) is 48.1 Å². The van der Waals surface area contributed by atoms with Crippen molar-refractivity contribution < 1.29 is 14.3 Å². The van der Waals surface area contributed by atoms with Crippen LogP contribution >= 0.6 is 12.4 Å². The molecule has 8 heteroatoms. The number of carbonyl (C=O) groups is 2. The molecule has 5 rings (SSSR count). The fraction of sp³-hybridized carbons (Fsp3) is 0.448. The van der Waals surface area contributed by atoms with Crippen molar-refractivity contribution >= 4 is 35.0 Å². The van der Waals surface area contributed by atoms with Gasteiger partial charge in [0.1, 0.15) is 5.75 Å². The number of nitrogens with two attached hydrogens (primary N) is 1. The minimum absolute atomic E-state index is 0. The van der Waals surface area contributed by atoms with Gasteiger partial charge in [0.2, 0.25) is 5.91 Å². The van der Waals surface area contributed by atoms with E-state index in [2.05, 4.69) is 39.9 Å². The van der Waals surface area contributed by atoms with Crippen LogP contribution in [0.1, 0.15) is 43.4 Å². The zero-order chi connectivity index (χ0) is 25.5. The first-order valence-electron chi connectivity index (χ1n) is 12.8. The molecule has 1 aliphatic heterocycles. The molecule has 0 radical (unpaired) electrons. The lowest BCUT2D eigenvalue weighted by Gasteiger charge is -2.41. The minimum atomic E-state index is -1.09. The second-order valence-corrected chi connectivity index (χ2v) is 10.9. The van der Waals surface area contributed by atoms with Crippen molar-refractivity contribution in [2.75, 3.05) is 20.2 Å². The number of ketones is 1. The lowest BCUT2D eigenvalue weighted by molar-refractivity contribution is -0.133. The molecule has 5 N–H and O–H groups in total. The van der Waals surface area contributed by atoms with Crippen molar-refractivity contribution in [3.63, 3.8) is 0 Å². The van der Waals surface area contributed by atoms with Gasteiger partial charge in [0.15, 0.2) is 5.78 Å². The summed E-state index contributed by atoms with van der Waals surface area (Å²) in [6, 6.07) is 13.6. The van der Waals surface area contributed by atoms with Crippen LogP contribution < -0.4 is 21.1 Å². The molecule has 7 nitrogen and oxygen atoms in total. The number of methoxy groups -OCH3 is 1. The lowest BCUT2D eigenvalue weighted by atomic mass is 9.66. The fourth-order valence-corrected chi connectivity index (χ4v) is 6.13. The summed E-state index contributed by atoms with van der Waals surface area (Å²) in [6.45, 7) is 5.10. The Kier molecular flexibility index (Phi) is 7.70. The third-order valence-corrected chi connectivity index (χ3v) is 8.12. The Bertz CT molecular complexity index is 1290. The number of fused-ring (bicyclic) bond motifs is 3.